The van der Waals surface area contributed by atoms with E-state index >= 15 is 0 Å². The Balaban J connectivity index is 4.23. The molecule has 0 aromatic carbocycles. The normalized spacial score (nSPS) is 14.0. The first kappa shape index (κ1) is 48.3. The maximum atomic E-state index is 12.5. The Bertz CT molecular complexity index is 905. The zero-order chi connectivity index (χ0) is 36.6. The van der Waals surface area contributed by atoms with Gasteiger partial charge in [0.2, 0.25) is 0 Å². The van der Waals surface area contributed by atoms with E-state index in [1.165, 1.54) is 116 Å². The van der Waals surface area contributed by atoms with Gasteiger partial charge in [-0.1, -0.05) is 159 Å². The van der Waals surface area contributed by atoms with Gasteiger partial charge in [0.05, 0.1) is 19.5 Å². The summed E-state index contributed by atoms with van der Waals surface area (Å²) >= 11 is 0. The van der Waals surface area contributed by atoms with Crippen molar-refractivity contribution in [1.82, 2.24) is 0 Å². The minimum atomic E-state index is -4.30. The number of phosphoric acid groups is 1. The molecular formula is C41H76NO7P. The van der Waals surface area contributed by atoms with Crippen molar-refractivity contribution in [2.75, 3.05) is 26.4 Å². The molecule has 0 aromatic rings. The van der Waals surface area contributed by atoms with Gasteiger partial charge in [-0.3, -0.25) is 13.8 Å². The van der Waals surface area contributed by atoms with Crippen molar-refractivity contribution in [3.8, 4) is 0 Å². The predicted octanol–water partition coefficient (Wildman–Crippen LogP) is 12.0. The highest BCUT2D eigenvalue weighted by molar-refractivity contribution is 7.47. The molecule has 0 aromatic heterocycles. The number of rotatable bonds is 38. The van der Waals surface area contributed by atoms with Crippen molar-refractivity contribution in [3.05, 3.63) is 48.8 Å². The van der Waals surface area contributed by atoms with Crippen molar-refractivity contribution in [2.45, 2.75) is 180 Å². The number of nitrogens with two attached hydrogens (primary N) is 1. The lowest BCUT2D eigenvalue weighted by Gasteiger charge is -2.19. The van der Waals surface area contributed by atoms with Gasteiger partial charge in [0, 0.05) is 13.0 Å². The minimum absolute atomic E-state index is 0.00566. The fourth-order valence-corrected chi connectivity index (χ4v) is 6.11. The van der Waals surface area contributed by atoms with Gasteiger partial charge < -0.3 is 20.1 Å². The number of carbonyl (C=O) groups excluding carboxylic acids is 1. The zero-order valence-electron chi connectivity index (χ0n) is 32.1. The van der Waals surface area contributed by atoms with Crippen LogP contribution in [0, 0.1) is 0 Å². The number of esters is 1. The molecule has 0 rings (SSSR count). The maximum absolute atomic E-state index is 12.5. The second kappa shape index (κ2) is 38.5. The molecule has 0 heterocycles. The molecule has 0 aliphatic carbocycles. The Hall–Kier alpha value is -1.70. The van der Waals surface area contributed by atoms with Crippen LogP contribution in [0.1, 0.15) is 174 Å². The van der Waals surface area contributed by atoms with Gasteiger partial charge in [0.15, 0.2) is 6.10 Å². The first-order valence-electron chi connectivity index (χ1n) is 20.2. The number of hydrogen-bond acceptors (Lipinski definition) is 7. The first-order valence-corrected chi connectivity index (χ1v) is 21.7. The summed E-state index contributed by atoms with van der Waals surface area (Å²) in [6.07, 6.45) is 45.2. The lowest BCUT2D eigenvalue weighted by atomic mass is 10.0. The molecular weight excluding hydrogens is 649 g/mol. The SMILES string of the molecule is CCCCCCCCC/C=C\C/C=C\C/C=C\CCC(=O)OC(CO/C=C/CCCCCCCCCCCCCC)COP(=O)(O)OCCN. The lowest BCUT2D eigenvalue weighted by molar-refractivity contribution is -0.153. The van der Waals surface area contributed by atoms with Crippen LogP contribution in [-0.2, 0) is 27.9 Å². The Kier molecular flexibility index (Phi) is 37.2. The van der Waals surface area contributed by atoms with Crippen LogP contribution in [0.15, 0.2) is 48.8 Å². The van der Waals surface area contributed by atoms with Crippen molar-refractivity contribution < 1.29 is 32.8 Å². The molecule has 0 saturated carbocycles. The van der Waals surface area contributed by atoms with Gasteiger partial charge in [-0.15, -0.1) is 0 Å². The van der Waals surface area contributed by atoms with E-state index in [4.69, 9.17) is 24.3 Å². The third kappa shape index (κ3) is 37.6. The van der Waals surface area contributed by atoms with E-state index in [0.29, 0.717) is 6.42 Å². The van der Waals surface area contributed by atoms with Gasteiger partial charge in [0.25, 0.3) is 0 Å². The highest BCUT2D eigenvalue weighted by atomic mass is 31.2. The van der Waals surface area contributed by atoms with E-state index in [-0.39, 0.29) is 32.8 Å². The molecule has 0 fully saturated rings. The Morgan fingerprint density at radius 2 is 1.08 bits per heavy atom. The molecule has 0 bridgehead atoms. The Morgan fingerprint density at radius 1 is 0.620 bits per heavy atom. The average Bonchev–Trinajstić information content (AvgIpc) is 3.10. The number of ether oxygens (including phenoxy) is 2. The van der Waals surface area contributed by atoms with E-state index < -0.39 is 19.9 Å². The number of phosphoric ester groups is 1. The highest BCUT2D eigenvalue weighted by Gasteiger charge is 2.25. The second-order valence-corrected chi connectivity index (χ2v) is 14.7. The van der Waals surface area contributed by atoms with Crippen LogP contribution < -0.4 is 5.73 Å². The van der Waals surface area contributed by atoms with E-state index in [1.54, 1.807) is 6.26 Å². The largest absolute Gasteiger partial charge is 0.498 e. The summed E-state index contributed by atoms with van der Waals surface area (Å²) in [6, 6.07) is 0. The molecule has 0 amide bonds. The fourth-order valence-electron chi connectivity index (χ4n) is 5.34. The molecule has 0 saturated heterocycles. The van der Waals surface area contributed by atoms with Crippen LogP contribution in [0.4, 0.5) is 0 Å². The first-order chi connectivity index (χ1) is 24.4. The summed E-state index contributed by atoms with van der Waals surface area (Å²) in [5.74, 6) is -0.426. The van der Waals surface area contributed by atoms with Crippen LogP contribution in [-0.4, -0.2) is 43.3 Å². The topological polar surface area (TPSA) is 117 Å². The van der Waals surface area contributed by atoms with E-state index in [1.807, 2.05) is 18.2 Å². The summed E-state index contributed by atoms with van der Waals surface area (Å²) < 4.78 is 33.0. The minimum Gasteiger partial charge on any atom is -0.498 e. The molecule has 3 N–H and O–H groups in total. The van der Waals surface area contributed by atoms with Crippen molar-refractivity contribution >= 4 is 13.8 Å². The van der Waals surface area contributed by atoms with E-state index in [9.17, 15) is 14.3 Å². The smallest absolute Gasteiger partial charge is 0.472 e. The molecule has 0 radical (unpaired) electrons. The molecule has 0 aliphatic heterocycles. The summed E-state index contributed by atoms with van der Waals surface area (Å²) in [4.78, 5) is 22.3. The summed E-state index contributed by atoms with van der Waals surface area (Å²) in [5.41, 5.74) is 5.35. The fraction of sp³-hybridized carbons (Fsp3) is 0.780. The molecule has 50 heavy (non-hydrogen) atoms. The van der Waals surface area contributed by atoms with Crippen LogP contribution in [0.3, 0.4) is 0 Å². The third-order valence-electron chi connectivity index (χ3n) is 8.33. The highest BCUT2D eigenvalue weighted by Crippen LogP contribution is 2.43. The van der Waals surface area contributed by atoms with Gasteiger partial charge >= 0.3 is 13.8 Å². The van der Waals surface area contributed by atoms with Crippen LogP contribution in [0.25, 0.3) is 0 Å². The summed E-state index contributed by atoms with van der Waals surface area (Å²) in [5, 5.41) is 0. The van der Waals surface area contributed by atoms with Gasteiger partial charge in [-0.2, -0.15) is 0 Å². The molecule has 9 heteroatoms. The number of hydrogen-bond donors (Lipinski definition) is 2. The van der Waals surface area contributed by atoms with E-state index in [2.05, 4.69) is 38.2 Å². The quantitative estimate of drug-likeness (QED) is 0.0212. The standard InChI is InChI=1S/C41H76NO7P/c1-3-5-7-9-11-13-15-17-19-20-21-22-24-26-28-30-32-34-41(43)49-40(39-48-50(44,45)47-37-35-42)38-46-36-33-31-29-27-25-23-18-16-14-12-10-8-6-4-2/h19-20,22,24,28,30,33,36,40H,3-18,21,23,25-27,29,31-32,34-35,37-39,42H2,1-2H3,(H,44,45)/b20-19-,24-22-,30-28-,36-33+. The Labute approximate surface area is 307 Å². The van der Waals surface area contributed by atoms with Crippen LogP contribution in [0.5, 0.6) is 0 Å². The van der Waals surface area contributed by atoms with E-state index in [0.717, 1.165) is 32.1 Å². The Morgan fingerprint density at radius 3 is 1.60 bits per heavy atom. The molecule has 0 spiro atoms. The monoisotopic (exact) mass is 726 g/mol. The summed E-state index contributed by atoms with van der Waals surface area (Å²) in [7, 11) is -4.30. The average molecular weight is 726 g/mol. The molecule has 2 atom stereocenters. The predicted molar refractivity (Wildman–Crippen MR) is 210 cm³/mol. The van der Waals surface area contributed by atoms with Crippen LogP contribution in [0.2, 0.25) is 0 Å². The van der Waals surface area contributed by atoms with Gasteiger partial charge in [-0.25, -0.2) is 4.57 Å². The van der Waals surface area contributed by atoms with Crippen molar-refractivity contribution in [1.29, 1.82) is 0 Å². The van der Waals surface area contributed by atoms with Gasteiger partial charge in [-0.05, 0) is 51.0 Å². The van der Waals surface area contributed by atoms with Crippen molar-refractivity contribution in [3.63, 3.8) is 0 Å². The second-order valence-electron chi connectivity index (χ2n) is 13.2. The zero-order valence-corrected chi connectivity index (χ0v) is 33.0. The van der Waals surface area contributed by atoms with Crippen molar-refractivity contribution in [2.24, 2.45) is 5.73 Å². The number of unbranched alkanes of at least 4 members (excludes halogenated alkanes) is 19. The lowest BCUT2D eigenvalue weighted by Crippen LogP contribution is -2.27. The molecule has 8 nitrogen and oxygen atoms in total. The number of carbonyl (C=O) groups is 1. The van der Waals surface area contributed by atoms with Gasteiger partial charge in [0.1, 0.15) is 6.61 Å². The third-order valence-corrected chi connectivity index (χ3v) is 9.31. The number of allylic oxidation sites excluding steroid dienone is 7. The molecule has 292 valence electrons. The molecule has 2 unspecified atom stereocenters. The molecule has 0 aliphatic rings. The maximum Gasteiger partial charge on any atom is 0.472 e. The summed E-state index contributed by atoms with van der Waals surface area (Å²) in [6.45, 7) is 4.16. The van der Waals surface area contributed by atoms with Crippen LogP contribution >= 0.6 is 7.82 Å².